The number of hydrogen-bond acceptors (Lipinski definition) is 3. The van der Waals surface area contributed by atoms with Gasteiger partial charge in [0.1, 0.15) is 0 Å². The van der Waals surface area contributed by atoms with Crippen LogP contribution in [0.2, 0.25) is 0 Å². The topological polar surface area (TPSA) is 46.4 Å². The summed E-state index contributed by atoms with van der Waals surface area (Å²) in [5.41, 5.74) is 2.73. The summed E-state index contributed by atoms with van der Waals surface area (Å²) in [4.78, 5) is 18.6. The lowest BCUT2D eigenvalue weighted by molar-refractivity contribution is -0.121. The van der Waals surface area contributed by atoms with Crippen LogP contribution in [0.5, 0.6) is 0 Å². The fraction of sp³-hybridized carbons (Fsp3) is 0.727. The highest BCUT2D eigenvalue weighted by molar-refractivity contribution is 7.15. The molecule has 0 unspecified atom stereocenters. The zero-order chi connectivity index (χ0) is 18.6. The van der Waals surface area contributed by atoms with Crippen LogP contribution in [-0.2, 0) is 16.6 Å². The molecule has 4 fully saturated rings. The predicted octanol–water partition coefficient (Wildman–Crippen LogP) is 4.71. The molecule has 0 spiro atoms. The van der Waals surface area contributed by atoms with E-state index in [9.17, 15) is 4.79 Å². The van der Waals surface area contributed by atoms with Gasteiger partial charge in [-0.1, -0.05) is 13.8 Å². The van der Waals surface area contributed by atoms with Crippen LogP contribution in [0, 0.1) is 17.8 Å². The third kappa shape index (κ3) is 3.02. The summed E-state index contributed by atoms with van der Waals surface area (Å²) in [6.07, 6.45) is 13.1. The molecule has 0 aromatic carbocycles. The summed E-state index contributed by atoms with van der Waals surface area (Å²) in [5.74, 6) is 2.93. The van der Waals surface area contributed by atoms with E-state index in [1.165, 1.54) is 44.2 Å². The molecule has 1 N–H and O–H groups in total. The maximum Gasteiger partial charge on any atom is 0.226 e. The van der Waals surface area contributed by atoms with Crippen LogP contribution in [0.3, 0.4) is 0 Å². The number of carbonyl (C=O) groups is 1. The Bertz CT molecular complexity index is 812. The number of aromatic nitrogens is 2. The van der Waals surface area contributed by atoms with Crippen LogP contribution in [0.15, 0.2) is 11.6 Å². The van der Waals surface area contributed by atoms with Crippen molar-refractivity contribution >= 4 is 22.2 Å². The third-order valence-electron chi connectivity index (χ3n) is 7.56. The van der Waals surface area contributed by atoms with Crippen LogP contribution in [0.1, 0.15) is 76.6 Å². The lowest BCUT2D eigenvalue weighted by atomic mass is 9.49. The molecule has 4 aliphatic carbocycles. The Balaban J connectivity index is 1.39. The monoisotopic (exact) mass is 385 g/mol. The first kappa shape index (κ1) is 17.7. The zero-order valence-electron chi connectivity index (χ0n) is 16.5. The summed E-state index contributed by atoms with van der Waals surface area (Å²) < 4.78 is 2.20. The quantitative estimate of drug-likeness (QED) is 0.783. The number of rotatable bonds is 6. The highest BCUT2D eigenvalue weighted by atomic mass is 32.1. The lowest BCUT2D eigenvalue weighted by Gasteiger charge is -2.56. The first-order valence-electron chi connectivity index (χ1n) is 10.8. The average molecular weight is 386 g/mol. The van der Waals surface area contributed by atoms with Gasteiger partial charge in [-0.05, 0) is 69.1 Å². The molecule has 2 heterocycles. The van der Waals surface area contributed by atoms with Gasteiger partial charge in [0.25, 0.3) is 0 Å². The minimum absolute atomic E-state index is 0.133. The molecular weight excluding hydrogens is 354 g/mol. The number of nitrogens with one attached hydrogen (secondary N) is 1. The van der Waals surface area contributed by atoms with Crippen molar-refractivity contribution in [3.63, 3.8) is 0 Å². The largest absolute Gasteiger partial charge is 0.353 e. The third-order valence-corrected chi connectivity index (χ3v) is 8.45. The summed E-state index contributed by atoms with van der Waals surface area (Å²) in [7, 11) is 0. The van der Waals surface area contributed by atoms with E-state index < -0.39 is 0 Å². The Morgan fingerprint density at radius 3 is 2.44 bits per heavy atom. The first-order chi connectivity index (χ1) is 13.1. The number of hydrogen-bond donors (Lipinski definition) is 1. The second-order valence-corrected chi connectivity index (χ2v) is 10.3. The van der Waals surface area contributed by atoms with Crippen molar-refractivity contribution in [1.82, 2.24) is 14.7 Å². The maximum absolute atomic E-state index is 12.5. The van der Waals surface area contributed by atoms with Gasteiger partial charge >= 0.3 is 0 Å². The number of amides is 1. The smallest absolute Gasteiger partial charge is 0.226 e. The molecule has 0 saturated heterocycles. The van der Waals surface area contributed by atoms with Crippen LogP contribution in [0.4, 0.5) is 0 Å². The Labute approximate surface area is 165 Å². The zero-order valence-corrected chi connectivity index (χ0v) is 17.4. The van der Waals surface area contributed by atoms with E-state index in [2.05, 4.69) is 35.1 Å². The van der Waals surface area contributed by atoms with Crippen molar-refractivity contribution in [2.24, 2.45) is 17.8 Å². The van der Waals surface area contributed by atoms with E-state index in [1.54, 1.807) is 11.3 Å². The predicted molar refractivity (Wildman–Crippen MR) is 109 cm³/mol. The van der Waals surface area contributed by atoms with E-state index in [0.29, 0.717) is 11.8 Å². The van der Waals surface area contributed by atoms with Gasteiger partial charge in [-0.25, -0.2) is 4.98 Å². The van der Waals surface area contributed by atoms with Crippen molar-refractivity contribution in [2.75, 3.05) is 0 Å². The summed E-state index contributed by atoms with van der Waals surface area (Å²) in [5, 5.41) is 5.28. The standard InChI is InChI=1S/C22H31N3OS/c1-3-17(4-2)23-20(26)8-18-13-27-21-24-19(12-25(18)21)22-9-14-5-15(10-22)7-16(6-14)11-22/h12-17H,3-11H2,1-2H3,(H,23,26). The van der Waals surface area contributed by atoms with E-state index >= 15 is 0 Å². The molecule has 0 aliphatic heterocycles. The SMILES string of the molecule is CCC(CC)NC(=O)Cc1csc2nc(C34CC5CC(CC(C5)C3)C4)cn12. The van der Waals surface area contributed by atoms with Gasteiger partial charge in [-0.3, -0.25) is 9.20 Å². The van der Waals surface area contributed by atoms with Crippen molar-refractivity contribution in [1.29, 1.82) is 0 Å². The fourth-order valence-electron chi connectivity index (χ4n) is 6.57. The lowest BCUT2D eigenvalue weighted by Crippen LogP contribution is -2.48. The number of carbonyl (C=O) groups excluding carboxylic acids is 1. The molecule has 2 aromatic rings. The molecule has 2 aromatic heterocycles. The molecule has 1 amide bonds. The molecule has 0 atom stereocenters. The van der Waals surface area contributed by atoms with E-state index in [0.717, 1.165) is 41.3 Å². The van der Waals surface area contributed by atoms with Gasteiger partial charge < -0.3 is 5.32 Å². The second-order valence-electron chi connectivity index (χ2n) is 9.46. The highest BCUT2D eigenvalue weighted by Gasteiger charge is 2.52. The normalized spacial score (nSPS) is 31.9. The Morgan fingerprint density at radius 1 is 1.22 bits per heavy atom. The molecular formula is C22H31N3OS. The molecule has 4 nitrogen and oxygen atoms in total. The molecule has 146 valence electrons. The first-order valence-corrected chi connectivity index (χ1v) is 11.7. The summed E-state index contributed by atoms with van der Waals surface area (Å²) >= 11 is 1.68. The van der Waals surface area contributed by atoms with Gasteiger partial charge in [-0.2, -0.15) is 0 Å². The van der Waals surface area contributed by atoms with Crippen molar-refractivity contribution in [2.45, 2.75) is 83.1 Å². The molecule has 4 bridgehead atoms. The number of imidazole rings is 1. The fourth-order valence-corrected chi connectivity index (χ4v) is 7.45. The summed E-state index contributed by atoms with van der Waals surface area (Å²) in [6, 6.07) is 0.289. The van der Waals surface area contributed by atoms with Gasteiger partial charge in [-0.15, -0.1) is 11.3 Å². The molecule has 27 heavy (non-hydrogen) atoms. The van der Waals surface area contributed by atoms with E-state index in [-0.39, 0.29) is 11.9 Å². The van der Waals surface area contributed by atoms with Gasteiger partial charge in [0, 0.05) is 28.7 Å². The minimum atomic E-state index is 0.133. The Hall–Kier alpha value is -1.36. The van der Waals surface area contributed by atoms with Gasteiger partial charge in [0.15, 0.2) is 4.96 Å². The van der Waals surface area contributed by atoms with E-state index in [1.807, 2.05) is 0 Å². The Morgan fingerprint density at radius 2 is 1.85 bits per heavy atom. The number of fused-ring (bicyclic) bond motifs is 1. The van der Waals surface area contributed by atoms with Crippen LogP contribution in [-0.4, -0.2) is 21.3 Å². The number of nitrogens with zero attached hydrogens (tertiary/aromatic N) is 2. The van der Waals surface area contributed by atoms with Crippen LogP contribution >= 0.6 is 11.3 Å². The maximum atomic E-state index is 12.5. The molecule has 4 saturated carbocycles. The Kier molecular flexibility index (Phi) is 4.34. The second kappa shape index (κ2) is 6.61. The van der Waals surface area contributed by atoms with Gasteiger partial charge in [0.2, 0.25) is 5.91 Å². The van der Waals surface area contributed by atoms with Crippen molar-refractivity contribution in [3.8, 4) is 0 Å². The highest BCUT2D eigenvalue weighted by Crippen LogP contribution is 2.60. The average Bonchev–Trinajstić information content (AvgIpc) is 3.21. The number of thiazole rings is 1. The van der Waals surface area contributed by atoms with Crippen molar-refractivity contribution in [3.05, 3.63) is 23.0 Å². The molecule has 5 heteroatoms. The van der Waals surface area contributed by atoms with Gasteiger partial charge in [0.05, 0.1) is 12.1 Å². The molecule has 0 radical (unpaired) electrons. The van der Waals surface area contributed by atoms with E-state index in [4.69, 9.17) is 4.98 Å². The summed E-state index contributed by atoms with van der Waals surface area (Å²) in [6.45, 7) is 4.26. The van der Waals surface area contributed by atoms with Crippen LogP contribution in [0.25, 0.3) is 4.96 Å². The van der Waals surface area contributed by atoms with Crippen molar-refractivity contribution < 1.29 is 4.79 Å². The molecule has 4 aliphatic rings. The molecule has 6 rings (SSSR count). The van der Waals surface area contributed by atoms with Crippen LogP contribution < -0.4 is 5.32 Å². The minimum Gasteiger partial charge on any atom is -0.353 e.